The Bertz CT molecular complexity index is 199. The predicted octanol–water partition coefficient (Wildman–Crippen LogP) is -0.760. The second kappa shape index (κ2) is 2.71. The predicted molar refractivity (Wildman–Crippen MR) is 43.5 cm³/mol. The fraction of sp³-hybridized carbons (Fsp3) is 0.875. The Morgan fingerprint density at radius 1 is 1.50 bits per heavy atom. The van der Waals surface area contributed by atoms with Crippen molar-refractivity contribution in [1.82, 2.24) is 5.32 Å². The fourth-order valence-electron chi connectivity index (χ4n) is 2.08. The number of nitrogens with one attached hydrogen (secondary N) is 1. The van der Waals surface area contributed by atoms with E-state index in [1.165, 1.54) is 0 Å². The molecule has 2 saturated heterocycles. The summed E-state index contributed by atoms with van der Waals surface area (Å²) in [6.45, 7) is 1.96. The first-order valence-corrected chi connectivity index (χ1v) is 4.37. The molecular formula is C8H14N2O2. The van der Waals surface area contributed by atoms with Gasteiger partial charge in [-0.15, -0.1) is 0 Å². The average Bonchev–Trinajstić information content (AvgIpc) is 2.36. The lowest BCUT2D eigenvalue weighted by Crippen LogP contribution is -2.46. The minimum absolute atomic E-state index is 0.0195. The maximum absolute atomic E-state index is 11.5. The summed E-state index contributed by atoms with van der Waals surface area (Å²) in [6.07, 6.45) is 1.56. The van der Waals surface area contributed by atoms with Crippen molar-refractivity contribution < 1.29 is 9.53 Å². The summed E-state index contributed by atoms with van der Waals surface area (Å²) in [5.74, 6) is 0.123. The average molecular weight is 170 g/mol. The first kappa shape index (κ1) is 8.01. The van der Waals surface area contributed by atoms with E-state index in [2.05, 4.69) is 5.32 Å². The van der Waals surface area contributed by atoms with Gasteiger partial charge in [-0.3, -0.25) is 4.79 Å². The molecule has 1 atom stereocenters. The van der Waals surface area contributed by atoms with Gasteiger partial charge in [0.25, 0.3) is 0 Å². The van der Waals surface area contributed by atoms with Crippen LogP contribution in [0.25, 0.3) is 0 Å². The standard InChI is InChI=1S/C8H14N2O2/c9-6-5-10-7(11)8(6)1-3-12-4-2-8/h6H,1-5,9H2,(H,10,11). The van der Waals surface area contributed by atoms with Gasteiger partial charge in [0.1, 0.15) is 0 Å². The van der Waals surface area contributed by atoms with Crippen LogP contribution >= 0.6 is 0 Å². The van der Waals surface area contributed by atoms with Gasteiger partial charge in [-0.2, -0.15) is 0 Å². The molecule has 0 aliphatic carbocycles. The van der Waals surface area contributed by atoms with Crippen LogP contribution in [0.3, 0.4) is 0 Å². The van der Waals surface area contributed by atoms with Gasteiger partial charge in [0.2, 0.25) is 5.91 Å². The summed E-state index contributed by atoms with van der Waals surface area (Å²) >= 11 is 0. The highest BCUT2D eigenvalue weighted by atomic mass is 16.5. The molecule has 0 saturated carbocycles. The van der Waals surface area contributed by atoms with Crippen molar-refractivity contribution in [3.8, 4) is 0 Å². The van der Waals surface area contributed by atoms with Gasteiger partial charge in [0, 0.05) is 25.8 Å². The number of hydrogen-bond acceptors (Lipinski definition) is 3. The Labute approximate surface area is 71.4 Å². The number of carbonyl (C=O) groups is 1. The van der Waals surface area contributed by atoms with Gasteiger partial charge in [0.05, 0.1) is 5.41 Å². The Morgan fingerprint density at radius 3 is 2.67 bits per heavy atom. The highest BCUT2D eigenvalue weighted by molar-refractivity contribution is 5.86. The van der Waals surface area contributed by atoms with Gasteiger partial charge in [0.15, 0.2) is 0 Å². The largest absolute Gasteiger partial charge is 0.381 e. The highest BCUT2D eigenvalue weighted by Crippen LogP contribution is 2.36. The number of ether oxygens (including phenoxy) is 1. The molecule has 2 aliphatic heterocycles. The Morgan fingerprint density at radius 2 is 2.17 bits per heavy atom. The minimum atomic E-state index is -0.307. The van der Waals surface area contributed by atoms with E-state index in [0.29, 0.717) is 19.8 Å². The Balaban J connectivity index is 2.20. The minimum Gasteiger partial charge on any atom is -0.381 e. The number of carbonyl (C=O) groups excluding carboxylic acids is 1. The molecule has 0 aromatic rings. The van der Waals surface area contributed by atoms with Crippen molar-refractivity contribution in [1.29, 1.82) is 0 Å². The number of rotatable bonds is 0. The molecule has 1 unspecified atom stereocenters. The first-order chi connectivity index (χ1) is 5.76. The van der Waals surface area contributed by atoms with E-state index in [-0.39, 0.29) is 17.4 Å². The number of hydrogen-bond donors (Lipinski definition) is 2. The summed E-state index contributed by atoms with van der Waals surface area (Å²) in [5.41, 5.74) is 5.59. The van der Waals surface area contributed by atoms with Crippen molar-refractivity contribution >= 4 is 5.91 Å². The molecule has 2 rings (SSSR count). The molecule has 0 aromatic heterocycles. The molecule has 2 fully saturated rings. The van der Waals surface area contributed by atoms with Crippen LogP contribution in [-0.4, -0.2) is 31.7 Å². The maximum Gasteiger partial charge on any atom is 0.228 e. The summed E-state index contributed by atoms with van der Waals surface area (Å²) in [5, 5.41) is 2.81. The van der Waals surface area contributed by atoms with E-state index < -0.39 is 0 Å². The van der Waals surface area contributed by atoms with Crippen molar-refractivity contribution in [2.24, 2.45) is 11.1 Å². The van der Waals surface area contributed by atoms with Gasteiger partial charge >= 0.3 is 0 Å². The first-order valence-electron chi connectivity index (χ1n) is 4.37. The maximum atomic E-state index is 11.5. The molecule has 2 aliphatic rings. The highest BCUT2D eigenvalue weighted by Gasteiger charge is 2.49. The second-order valence-electron chi connectivity index (χ2n) is 3.59. The Hall–Kier alpha value is -0.610. The van der Waals surface area contributed by atoms with Crippen molar-refractivity contribution in [2.45, 2.75) is 18.9 Å². The zero-order chi connectivity index (χ0) is 8.60. The molecule has 1 amide bonds. The molecule has 0 bridgehead atoms. The van der Waals surface area contributed by atoms with Crippen LogP contribution in [-0.2, 0) is 9.53 Å². The molecule has 1 spiro atoms. The van der Waals surface area contributed by atoms with Gasteiger partial charge in [-0.05, 0) is 12.8 Å². The van der Waals surface area contributed by atoms with Crippen molar-refractivity contribution in [2.75, 3.05) is 19.8 Å². The summed E-state index contributed by atoms with van der Waals surface area (Å²) in [4.78, 5) is 11.5. The van der Waals surface area contributed by atoms with Gasteiger partial charge in [-0.1, -0.05) is 0 Å². The van der Waals surface area contributed by atoms with Crippen LogP contribution in [0.5, 0.6) is 0 Å². The lowest BCUT2D eigenvalue weighted by Gasteiger charge is -2.33. The van der Waals surface area contributed by atoms with Crippen LogP contribution in [0.15, 0.2) is 0 Å². The molecule has 3 N–H and O–H groups in total. The van der Waals surface area contributed by atoms with Crippen LogP contribution in [0, 0.1) is 5.41 Å². The van der Waals surface area contributed by atoms with Crippen molar-refractivity contribution in [3.63, 3.8) is 0 Å². The third kappa shape index (κ3) is 0.949. The van der Waals surface area contributed by atoms with E-state index >= 15 is 0 Å². The third-order valence-corrected chi connectivity index (χ3v) is 3.03. The second-order valence-corrected chi connectivity index (χ2v) is 3.59. The van der Waals surface area contributed by atoms with Crippen LogP contribution in [0.2, 0.25) is 0 Å². The number of amides is 1. The zero-order valence-corrected chi connectivity index (χ0v) is 7.01. The van der Waals surface area contributed by atoms with E-state index in [4.69, 9.17) is 10.5 Å². The molecule has 0 radical (unpaired) electrons. The quantitative estimate of drug-likeness (QED) is 0.502. The Kier molecular flexibility index (Phi) is 1.81. The molecule has 0 aromatic carbocycles. The molecular weight excluding hydrogens is 156 g/mol. The van der Waals surface area contributed by atoms with Gasteiger partial charge in [-0.25, -0.2) is 0 Å². The van der Waals surface area contributed by atoms with Crippen molar-refractivity contribution in [3.05, 3.63) is 0 Å². The monoisotopic (exact) mass is 170 g/mol. The van der Waals surface area contributed by atoms with E-state index in [9.17, 15) is 4.79 Å². The smallest absolute Gasteiger partial charge is 0.228 e. The lowest BCUT2D eigenvalue weighted by atomic mass is 9.76. The van der Waals surface area contributed by atoms with E-state index in [1.807, 2.05) is 0 Å². The normalized spacial score (nSPS) is 33.8. The molecule has 68 valence electrons. The van der Waals surface area contributed by atoms with Crippen LogP contribution in [0.1, 0.15) is 12.8 Å². The van der Waals surface area contributed by atoms with Crippen LogP contribution < -0.4 is 11.1 Å². The summed E-state index contributed by atoms with van der Waals surface area (Å²) < 4.78 is 5.22. The SMILES string of the molecule is NC1CNC(=O)C12CCOCC2. The van der Waals surface area contributed by atoms with Crippen LogP contribution in [0.4, 0.5) is 0 Å². The van der Waals surface area contributed by atoms with E-state index in [0.717, 1.165) is 12.8 Å². The summed E-state index contributed by atoms with van der Waals surface area (Å²) in [7, 11) is 0. The fourth-order valence-corrected chi connectivity index (χ4v) is 2.08. The van der Waals surface area contributed by atoms with Gasteiger partial charge < -0.3 is 15.8 Å². The molecule has 4 heteroatoms. The topological polar surface area (TPSA) is 64.3 Å². The lowest BCUT2D eigenvalue weighted by molar-refractivity contribution is -0.133. The van der Waals surface area contributed by atoms with E-state index in [1.54, 1.807) is 0 Å². The zero-order valence-electron chi connectivity index (χ0n) is 7.01. The molecule has 2 heterocycles. The molecule has 4 nitrogen and oxygen atoms in total. The molecule has 12 heavy (non-hydrogen) atoms. The number of nitrogens with two attached hydrogens (primary N) is 1. The summed E-state index contributed by atoms with van der Waals surface area (Å²) in [6, 6.07) is -0.0195. The third-order valence-electron chi connectivity index (χ3n) is 3.03.